The Morgan fingerprint density at radius 1 is 1.75 bits per heavy atom. The molecular formula is C10H14O2. The highest BCUT2D eigenvalue weighted by Gasteiger charge is 2.30. The second-order valence-corrected chi connectivity index (χ2v) is 3.38. The van der Waals surface area contributed by atoms with Crippen molar-refractivity contribution in [2.45, 2.75) is 26.4 Å². The molecular weight excluding hydrogens is 152 g/mol. The summed E-state index contributed by atoms with van der Waals surface area (Å²) in [7, 11) is 0. The lowest BCUT2D eigenvalue weighted by Gasteiger charge is -2.25. The molecule has 0 aliphatic heterocycles. The van der Waals surface area contributed by atoms with Crippen molar-refractivity contribution in [1.29, 1.82) is 0 Å². The maximum atomic E-state index is 11.3. The molecule has 0 aromatic heterocycles. The summed E-state index contributed by atoms with van der Waals surface area (Å²) >= 11 is 0. The van der Waals surface area contributed by atoms with Gasteiger partial charge in [0, 0.05) is 5.92 Å². The fraction of sp³-hybridized carbons (Fsp3) is 0.500. The van der Waals surface area contributed by atoms with Crippen LogP contribution in [0.15, 0.2) is 23.8 Å². The van der Waals surface area contributed by atoms with Gasteiger partial charge < -0.3 is 5.11 Å². The van der Waals surface area contributed by atoms with Gasteiger partial charge in [0.25, 0.3) is 0 Å². The first-order valence-corrected chi connectivity index (χ1v) is 4.08. The van der Waals surface area contributed by atoms with Crippen molar-refractivity contribution in [3.8, 4) is 0 Å². The molecule has 12 heavy (non-hydrogen) atoms. The molecule has 1 aliphatic carbocycles. The highest BCUT2D eigenvalue weighted by Crippen LogP contribution is 2.25. The van der Waals surface area contributed by atoms with Gasteiger partial charge in [-0.3, -0.25) is 4.79 Å². The van der Waals surface area contributed by atoms with Gasteiger partial charge in [-0.25, -0.2) is 0 Å². The van der Waals surface area contributed by atoms with E-state index < -0.39 is 6.10 Å². The Hall–Kier alpha value is -0.890. The van der Waals surface area contributed by atoms with E-state index in [1.165, 1.54) is 0 Å². The predicted octanol–water partition coefficient (Wildman–Crippen LogP) is 1.46. The van der Waals surface area contributed by atoms with Crippen molar-refractivity contribution in [3.63, 3.8) is 0 Å². The molecule has 0 spiro atoms. The number of aliphatic hydroxyl groups excluding tert-OH is 1. The van der Waals surface area contributed by atoms with E-state index in [4.69, 9.17) is 0 Å². The van der Waals surface area contributed by atoms with Gasteiger partial charge in [-0.2, -0.15) is 0 Å². The summed E-state index contributed by atoms with van der Waals surface area (Å²) in [5.74, 6) is -0.240. The van der Waals surface area contributed by atoms with Crippen molar-refractivity contribution >= 4 is 5.78 Å². The fourth-order valence-electron chi connectivity index (χ4n) is 1.42. The van der Waals surface area contributed by atoms with Crippen LogP contribution in [0.4, 0.5) is 0 Å². The lowest BCUT2D eigenvalue weighted by atomic mass is 9.83. The average molecular weight is 166 g/mol. The first-order valence-electron chi connectivity index (χ1n) is 4.08. The quantitative estimate of drug-likeness (QED) is 0.599. The molecule has 2 heteroatoms. The number of hydrogen-bond donors (Lipinski definition) is 1. The molecule has 0 amide bonds. The Bertz CT molecular complexity index is 251. The minimum atomic E-state index is -0.868. The highest BCUT2D eigenvalue weighted by molar-refractivity contribution is 5.99. The topological polar surface area (TPSA) is 37.3 Å². The molecule has 2 atom stereocenters. The Morgan fingerprint density at radius 3 is 2.83 bits per heavy atom. The number of allylic oxidation sites excluding steroid dienone is 1. The second-order valence-electron chi connectivity index (χ2n) is 3.38. The maximum absolute atomic E-state index is 11.3. The summed E-state index contributed by atoms with van der Waals surface area (Å²) in [5.41, 5.74) is 1.54. The number of Topliss-reactive ketones (excluding diaryl/α,β-unsaturated/α-hetero) is 1. The first kappa shape index (κ1) is 9.20. The molecule has 0 fully saturated rings. The van der Waals surface area contributed by atoms with Crippen LogP contribution in [0.3, 0.4) is 0 Å². The van der Waals surface area contributed by atoms with Crippen molar-refractivity contribution in [3.05, 3.63) is 23.8 Å². The summed E-state index contributed by atoms with van der Waals surface area (Å²) in [6.07, 6.45) is 1.73. The van der Waals surface area contributed by atoms with Crippen LogP contribution in [0.25, 0.3) is 0 Å². The minimum Gasteiger partial charge on any atom is -0.384 e. The van der Waals surface area contributed by atoms with Crippen LogP contribution >= 0.6 is 0 Å². The summed E-state index contributed by atoms with van der Waals surface area (Å²) in [6, 6.07) is 0. The molecule has 0 bridgehead atoms. The summed E-state index contributed by atoms with van der Waals surface area (Å²) < 4.78 is 0. The summed E-state index contributed by atoms with van der Waals surface area (Å²) in [6.45, 7) is 7.33. The van der Waals surface area contributed by atoms with E-state index in [0.29, 0.717) is 5.57 Å². The Kier molecular flexibility index (Phi) is 2.48. The Labute approximate surface area is 72.6 Å². The van der Waals surface area contributed by atoms with E-state index in [9.17, 15) is 9.90 Å². The standard InChI is InChI=1S/C10H14O2/c1-6(2)8-5-4-7(3)9(11)10(8)12/h4,8,10,12H,1,5H2,2-3H3/t8-,10-/m0/s1. The lowest BCUT2D eigenvalue weighted by molar-refractivity contribution is -0.125. The van der Waals surface area contributed by atoms with E-state index in [1.54, 1.807) is 6.92 Å². The van der Waals surface area contributed by atoms with Gasteiger partial charge >= 0.3 is 0 Å². The molecule has 0 unspecified atom stereocenters. The van der Waals surface area contributed by atoms with Gasteiger partial charge in [0.2, 0.25) is 0 Å². The van der Waals surface area contributed by atoms with Crippen molar-refractivity contribution in [2.24, 2.45) is 5.92 Å². The third-order valence-electron chi connectivity index (χ3n) is 2.35. The highest BCUT2D eigenvalue weighted by atomic mass is 16.3. The van der Waals surface area contributed by atoms with Crippen LogP contribution < -0.4 is 0 Å². The van der Waals surface area contributed by atoms with Crippen molar-refractivity contribution in [1.82, 2.24) is 0 Å². The van der Waals surface area contributed by atoms with E-state index in [-0.39, 0.29) is 11.7 Å². The smallest absolute Gasteiger partial charge is 0.187 e. The van der Waals surface area contributed by atoms with Crippen LogP contribution in [-0.2, 0) is 4.79 Å². The monoisotopic (exact) mass is 166 g/mol. The van der Waals surface area contributed by atoms with E-state index in [0.717, 1.165) is 12.0 Å². The van der Waals surface area contributed by atoms with Crippen LogP contribution in [0.2, 0.25) is 0 Å². The van der Waals surface area contributed by atoms with E-state index in [2.05, 4.69) is 6.58 Å². The van der Waals surface area contributed by atoms with Crippen LogP contribution in [-0.4, -0.2) is 17.0 Å². The van der Waals surface area contributed by atoms with Gasteiger partial charge in [-0.15, -0.1) is 0 Å². The van der Waals surface area contributed by atoms with Crippen LogP contribution in [0.5, 0.6) is 0 Å². The number of hydrogen-bond acceptors (Lipinski definition) is 2. The molecule has 0 radical (unpaired) electrons. The lowest BCUT2D eigenvalue weighted by Crippen LogP contribution is -2.33. The second kappa shape index (κ2) is 3.23. The number of aliphatic hydroxyl groups is 1. The summed E-state index contributed by atoms with van der Waals surface area (Å²) in [4.78, 5) is 11.3. The molecule has 0 aromatic rings. The third kappa shape index (κ3) is 1.48. The molecule has 1 aliphatic rings. The zero-order chi connectivity index (χ0) is 9.30. The first-order chi connectivity index (χ1) is 5.54. The summed E-state index contributed by atoms with van der Waals surface area (Å²) in [5, 5.41) is 9.53. The number of ketones is 1. The molecule has 0 saturated heterocycles. The average Bonchev–Trinajstić information content (AvgIpc) is 2.00. The van der Waals surface area contributed by atoms with Crippen LogP contribution in [0, 0.1) is 5.92 Å². The van der Waals surface area contributed by atoms with E-state index in [1.807, 2.05) is 13.0 Å². The zero-order valence-electron chi connectivity index (χ0n) is 7.50. The van der Waals surface area contributed by atoms with E-state index >= 15 is 0 Å². The molecule has 1 rings (SSSR count). The maximum Gasteiger partial charge on any atom is 0.187 e. The normalized spacial score (nSPS) is 29.9. The molecule has 66 valence electrons. The molecule has 0 heterocycles. The van der Waals surface area contributed by atoms with Gasteiger partial charge in [0.05, 0.1) is 0 Å². The minimum absolute atomic E-state index is 0.0822. The fourth-order valence-corrected chi connectivity index (χ4v) is 1.42. The molecule has 0 saturated carbocycles. The SMILES string of the molecule is C=C(C)[C@@H]1CC=C(C)C(=O)[C@H]1O. The van der Waals surface area contributed by atoms with Gasteiger partial charge in [0.15, 0.2) is 5.78 Å². The number of carbonyl (C=O) groups is 1. The van der Waals surface area contributed by atoms with Crippen LogP contribution in [0.1, 0.15) is 20.3 Å². The Morgan fingerprint density at radius 2 is 2.33 bits per heavy atom. The predicted molar refractivity (Wildman–Crippen MR) is 47.7 cm³/mol. The molecule has 1 N–H and O–H groups in total. The van der Waals surface area contributed by atoms with Crippen molar-refractivity contribution < 1.29 is 9.90 Å². The largest absolute Gasteiger partial charge is 0.384 e. The zero-order valence-corrected chi connectivity index (χ0v) is 7.50. The Balaban J connectivity index is 2.87. The van der Waals surface area contributed by atoms with Gasteiger partial charge in [0.1, 0.15) is 6.10 Å². The molecule has 0 aromatic carbocycles. The van der Waals surface area contributed by atoms with Crippen molar-refractivity contribution in [2.75, 3.05) is 0 Å². The van der Waals surface area contributed by atoms with Gasteiger partial charge in [-0.05, 0) is 25.8 Å². The molecule has 2 nitrogen and oxygen atoms in total. The number of rotatable bonds is 1. The van der Waals surface area contributed by atoms with Gasteiger partial charge in [-0.1, -0.05) is 18.2 Å². The number of carbonyl (C=O) groups excluding carboxylic acids is 1. The third-order valence-corrected chi connectivity index (χ3v) is 2.35.